The van der Waals surface area contributed by atoms with E-state index in [0.29, 0.717) is 22.3 Å². The van der Waals surface area contributed by atoms with Crippen LogP contribution in [0.2, 0.25) is 0 Å². The van der Waals surface area contributed by atoms with E-state index in [1.54, 1.807) is 48.5 Å². The quantitative estimate of drug-likeness (QED) is 0.309. The van der Waals surface area contributed by atoms with Gasteiger partial charge in [0.05, 0.1) is 13.1 Å². The largest absolute Gasteiger partial charge is 0.442 e. The van der Waals surface area contributed by atoms with E-state index in [2.05, 4.69) is 10.3 Å². The zero-order valence-electron chi connectivity index (χ0n) is 18.7. The molecule has 0 radical (unpaired) electrons. The summed E-state index contributed by atoms with van der Waals surface area (Å²) in [5, 5.41) is 7.56. The van der Waals surface area contributed by atoms with Crippen LogP contribution in [0, 0.1) is 0 Å². The minimum atomic E-state index is -0.748. The average Bonchev–Trinajstić information content (AvgIpc) is 3.47. The standard InChI is InChI=1S/C26H18N4O6/c31-21(15-29-23(27-35-25(29)33)19-7-3-1-4-8-19)17-11-13-18(14-12-17)22(32)16-30-24(28-36-26(30)34)20-9-5-2-6-10-20/h1-14H,15-16H2. The minimum Gasteiger partial charge on any atom is -0.295 e. The van der Waals surface area contributed by atoms with Gasteiger partial charge in [-0.25, -0.2) is 18.7 Å². The van der Waals surface area contributed by atoms with Gasteiger partial charge in [-0.05, 0) is 0 Å². The minimum absolute atomic E-state index is 0.245. The van der Waals surface area contributed by atoms with Crippen molar-refractivity contribution in [2.75, 3.05) is 0 Å². The lowest BCUT2D eigenvalue weighted by Gasteiger charge is -2.07. The fraction of sp³-hybridized carbons (Fsp3) is 0.0769. The first-order valence-corrected chi connectivity index (χ1v) is 10.9. The van der Waals surface area contributed by atoms with Crippen LogP contribution in [0.15, 0.2) is 104 Å². The van der Waals surface area contributed by atoms with Crippen molar-refractivity contribution in [1.29, 1.82) is 0 Å². The van der Waals surface area contributed by atoms with Crippen molar-refractivity contribution in [3.05, 3.63) is 117 Å². The zero-order chi connectivity index (χ0) is 25.1. The van der Waals surface area contributed by atoms with E-state index in [0.717, 1.165) is 9.13 Å². The number of ketones is 2. The Morgan fingerprint density at radius 2 is 0.944 bits per heavy atom. The molecule has 0 bridgehead atoms. The molecule has 0 saturated heterocycles. The Bertz CT molecular complexity index is 1520. The first kappa shape index (κ1) is 22.7. The number of hydrogen-bond acceptors (Lipinski definition) is 8. The lowest BCUT2D eigenvalue weighted by molar-refractivity contribution is 0.0958. The van der Waals surface area contributed by atoms with Gasteiger partial charge in [-0.15, -0.1) is 0 Å². The SMILES string of the molecule is O=C(Cn1c(-c2ccccc2)noc1=O)c1ccc(C(=O)Cn2c(-c3ccccc3)noc2=O)cc1. The van der Waals surface area contributed by atoms with Crippen LogP contribution >= 0.6 is 0 Å². The summed E-state index contributed by atoms with van der Waals surface area (Å²) in [4.78, 5) is 50.0. The first-order valence-electron chi connectivity index (χ1n) is 10.9. The molecule has 178 valence electrons. The zero-order valence-corrected chi connectivity index (χ0v) is 18.7. The van der Waals surface area contributed by atoms with Crippen LogP contribution in [-0.4, -0.2) is 31.0 Å². The molecular formula is C26H18N4O6. The van der Waals surface area contributed by atoms with Crippen LogP contribution in [0.4, 0.5) is 0 Å². The molecule has 0 amide bonds. The van der Waals surface area contributed by atoms with Crippen LogP contribution in [0.3, 0.4) is 0 Å². The van der Waals surface area contributed by atoms with Crippen molar-refractivity contribution >= 4 is 11.6 Å². The molecule has 36 heavy (non-hydrogen) atoms. The summed E-state index contributed by atoms with van der Waals surface area (Å²) >= 11 is 0. The molecule has 0 unspecified atom stereocenters. The number of aromatic nitrogens is 4. The number of nitrogens with zero attached hydrogens (tertiary/aromatic N) is 4. The number of hydrogen-bond donors (Lipinski definition) is 0. The van der Waals surface area contributed by atoms with Crippen molar-refractivity contribution in [1.82, 2.24) is 19.4 Å². The van der Waals surface area contributed by atoms with Gasteiger partial charge in [0.25, 0.3) is 0 Å². The fourth-order valence-corrected chi connectivity index (χ4v) is 3.72. The van der Waals surface area contributed by atoms with Crippen LogP contribution in [0.5, 0.6) is 0 Å². The highest BCUT2D eigenvalue weighted by Crippen LogP contribution is 2.17. The van der Waals surface area contributed by atoms with Crippen molar-refractivity contribution in [3.8, 4) is 22.8 Å². The highest BCUT2D eigenvalue weighted by molar-refractivity contribution is 5.99. The monoisotopic (exact) mass is 482 g/mol. The fourth-order valence-electron chi connectivity index (χ4n) is 3.72. The summed E-state index contributed by atoms with van der Waals surface area (Å²) in [6.07, 6.45) is 0. The summed E-state index contributed by atoms with van der Waals surface area (Å²) in [5.41, 5.74) is 1.86. The van der Waals surface area contributed by atoms with Crippen molar-refractivity contribution < 1.29 is 18.6 Å². The van der Waals surface area contributed by atoms with Crippen LogP contribution < -0.4 is 11.5 Å². The van der Waals surface area contributed by atoms with E-state index in [1.165, 1.54) is 24.3 Å². The van der Waals surface area contributed by atoms with E-state index in [-0.39, 0.29) is 36.3 Å². The van der Waals surface area contributed by atoms with E-state index in [9.17, 15) is 19.2 Å². The Hall–Kier alpha value is -5.12. The Kier molecular flexibility index (Phi) is 6.06. The molecule has 0 N–H and O–H groups in total. The Labute approximate surface area is 203 Å². The Morgan fingerprint density at radius 1 is 0.583 bits per heavy atom. The normalized spacial score (nSPS) is 10.9. The van der Waals surface area contributed by atoms with Crippen LogP contribution in [0.25, 0.3) is 22.8 Å². The third kappa shape index (κ3) is 4.47. The molecule has 0 spiro atoms. The molecule has 0 aliphatic carbocycles. The van der Waals surface area contributed by atoms with Crippen LogP contribution in [-0.2, 0) is 13.1 Å². The maximum Gasteiger partial charge on any atom is 0.442 e. The molecule has 0 aliphatic rings. The van der Waals surface area contributed by atoms with Gasteiger partial charge in [-0.1, -0.05) is 95.2 Å². The predicted octanol–water partition coefficient (Wildman–Crippen LogP) is 3.09. The van der Waals surface area contributed by atoms with Gasteiger partial charge in [0, 0.05) is 22.3 Å². The topological polar surface area (TPSA) is 130 Å². The molecule has 2 aromatic heterocycles. The van der Waals surface area contributed by atoms with Crippen molar-refractivity contribution in [2.45, 2.75) is 13.1 Å². The first-order chi connectivity index (χ1) is 17.5. The van der Waals surface area contributed by atoms with E-state index >= 15 is 0 Å². The van der Waals surface area contributed by atoms with Gasteiger partial charge in [0.15, 0.2) is 23.2 Å². The number of benzene rings is 3. The summed E-state index contributed by atoms with van der Waals surface area (Å²) in [6.45, 7) is -0.563. The summed E-state index contributed by atoms with van der Waals surface area (Å²) in [5.74, 6) is -1.73. The second kappa shape index (κ2) is 9.63. The van der Waals surface area contributed by atoms with E-state index in [4.69, 9.17) is 9.05 Å². The maximum absolute atomic E-state index is 12.9. The lowest BCUT2D eigenvalue weighted by atomic mass is 10.1. The smallest absolute Gasteiger partial charge is 0.295 e. The third-order valence-electron chi connectivity index (χ3n) is 5.57. The number of carbonyl (C=O) groups is 2. The molecule has 0 atom stereocenters. The number of rotatable bonds is 8. The van der Waals surface area contributed by atoms with Crippen molar-refractivity contribution in [2.24, 2.45) is 0 Å². The highest BCUT2D eigenvalue weighted by Gasteiger charge is 2.19. The highest BCUT2D eigenvalue weighted by atomic mass is 16.5. The van der Waals surface area contributed by atoms with Gasteiger partial charge >= 0.3 is 11.5 Å². The summed E-state index contributed by atoms with van der Waals surface area (Å²) in [6, 6.07) is 23.8. The third-order valence-corrected chi connectivity index (χ3v) is 5.57. The molecule has 0 fully saturated rings. The van der Waals surface area contributed by atoms with Crippen molar-refractivity contribution in [3.63, 3.8) is 0 Å². The Balaban J connectivity index is 1.33. The van der Waals surface area contributed by atoms with Gasteiger partial charge in [0.2, 0.25) is 0 Å². The molecule has 0 saturated carbocycles. The molecule has 10 nitrogen and oxygen atoms in total. The van der Waals surface area contributed by atoms with Gasteiger partial charge in [-0.3, -0.25) is 18.6 Å². The maximum atomic E-state index is 12.9. The van der Waals surface area contributed by atoms with Gasteiger partial charge < -0.3 is 0 Å². The average molecular weight is 482 g/mol. The molecule has 0 aliphatic heterocycles. The molecule has 5 aromatic rings. The second-order valence-electron chi connectivity index (χ2n) is 7.87. The molecule has 10 heteroatoms. The lowest BCUT2D eigenvalue weighted by Crippen LogP contribution is -2.22. The molecule has 5 rings (SSSR count). The van der Waals surface area contributed by atoms with Gasteiger partial charge in [0.1, 0.15) is 0 Å². The molecule has 3 aromatic carbocycles. The summed E-state index contributed by atoms with van der Waals surface area (Å²) in [7, 11) is 0. The molecule has 2 heterocycles. The van der Waals surface area contributed by atoms with Gasteiger partial charge in [-0.2, -0.15) is 0 Å². The van der Waals surface area contributed by atoms with Crippen LogP contribution in [0.1, 0.15) is 20.7 Å². The second-order valence-corrected chi connectivity index (χ2v) is 7.87. The summed E-state index contributed by atoms with van der Waals surface area (Å²) < 4.78 is 11.8. The number of carbonyl (C=O) groups excluding carboxylic acids is 2. The number of Topliss-reactive ketones (excluding diaryl/α,β-unsaturated/α-hetero) is 2. The Morgan fingerprint density at radius 3 is 1.31 bits per heavy atom. The van der Waals surface area contributed by atoms with E-state index < -0.39 is 11.5 Å². The molecular weight excluding hydrogens is 464 g/mol. The van der Waals surface area contributed by atoms with E-state index in [1.807, 2.05) is 12.1 Å². The predicted molar refractivity (Wildman–Crippen MR) is 128 cm³/mol.